The molecular weight excluding hydrogens is 336 g/mol. The van der Waals surface area contributed by atoms with Gasteiger partial charge in [-0.15, -0.1) is 0 Å². The van der Waals surface area contributed by atoms with Gasteiger partial charge in [0.25, 0.3) is 5.91 Å². The maximum atomic E-state index is 12.2. The van der Waals surface area contributed by atoms with Crippen LogP contribution in [0, 0.1) is 0 Å². The van der Waals surface area contributed by atoms with E-state index in [1.807, 2.05) is 0 Å². The number of anilines is 1. The summed E-state index contributed by atoms with van der Waals surface area (Å²) in [7, 11) is 3.36. The second-order valence-corrected chi connectivity index (χ2v) is 6.52. The fourth-order valence-electron chi connectivity index (χ4n) is 2.42. The number of nitrogens with one attached hydrogen (secondary N) is 1. The van der Waals surface area contributed by atoms with Crippen LogP contribution in [-0.4, -0.2) is 30.8 Å². The lowest BCUT2D eigenvalue weighted by Gasteiger charge is -2.13. The Morgan fingerprint density at radius 1 is 1.04 bits per heavy atom. The molecule has 1 N–H and O–H groups in total. The molecular formula is C20H23ClN2O2. The minimum absolute atomic E-state index is 0.129. The summed E-state index contributed by atoms with van der Waals surface area (Å²) < 4.78 is 0. The minimum Gasteiger partial charge on any atom is -0.345 e. The maximum absolute atomic E-state index is 12.2. The lowest BCUT2D eigenvalue weighted by Crippen LogP contribution is -2.22. The topological polar surface area (TPSA) is 49.4 Å². The normalized spacial score (nSPS) is 10.4. The number of benzene rings is 2. The number of halogens is 1. The van der Waals surface area contributed by atoms with Crippen molar-refractivity contribution in [3.8, 4) is 0 Å². The molecule has 0 aliphatic rings. The summed E-state index contributed by atoms with van der Waals surface area (Å²) in [5.74, 6) is -0.265. The molecule has 0 heterocycles. The van der Waals surface area contributed by atoms with Crippen molar-refractivity contribution < 1.29 is 9.59 Å². The molecule has 0 spiro atoms. The van der Waals surface area contributed by atoms with Gasteiger partial charge in [0.05, 0.1) is 10.7 Å². The van der Waals surface area contributed by atoms with E-state index in [1.54, 1.807) is 32.3 Å². The Bertz CT molecular complexity index is 755. The summed E-state index contributed by atoms with van der Waals surface area (Å²) in [4.78, 5) is 25.7. The Morgan fingerprint density at radius 3 is 2.28 bits per heavy atom. The minimum atomic E-state index is -0.136. The van der Waals surface area contributed by atoms with Crippen molar-refractivity contribution in [2.24, 2.45) is 0 Å². The number of carbonyl (C=O) groups is 2. The predicted octanol–water partition coefficient (Wildman–Crippen LogP) is 4.18. The molecule has 0 saturated carbocycles. The monoisotopic (exact) mass is 358 g/mol. The molecule has 0 saturated heterocycles. The Labute approximate surface area is 153 Å². The summed E-state index contributed by atoms with van der Waals surface area (Å²) in [5.41, 5.74) is 3.35. The van der Waals surface area contributed by atoms with Crippen LogP contribution in [0.4, 0.5) is 5.69 Å². The van der Waals surface area contributed by atoms with Crippen LogP contribution in [0.25, 0.3) is 0 Å². The van der Waals surface area contributed by atoms with Crippen LogP contribution in [0.15, 0.2) is 42.5 Å². The fourth-order valence-corrected chi connectivity index (χ4v) is 2.59. The first-order valence-corrected chi connectivity index (χ1v) is 8.67. The first-order chi connectivity index (χ1) is 11.9. The van der Waals surface area contributed by atoms with Crippen LogP contribution in [0.1, 0.15) is 34.8 Å². The Hall–Kier alpha value is -2.33. The molecule has 2 amide bonds. The van der Waals surface area contributed by atoms with Crippen LogP contribution < -0.4 is 5.32 Å². The standard InChI is InChI=1S/C20H23ClN2O2/c1-4-14-5-7-15(8-6-14)9-12-19(24)22-18-13-16(10-11-17(18)21)20(25)23(2)3/h5-8,10-11,13H,4,9,12H2,1-3H3,(H,22,24). The molecule has 0 radical (unpaired) electrons. The molecule has 5 heteroatoms. The first-order valence-electron chi connectivity index (χ1n) is 8.29. The van der Waals surface area contributed by atoms with E-state index in [4.69, 9.17) is 11.6 Å². The molecule has 0 aliphatic carbocycles. The lowest BCUT2D eigenvalue weighted by molar-refractivity contribution is -0.116. The molecule has 2 aromatic carbocycles. The van der Waals surface area contributed by atoms with Crippen LogP contribution in [0.3, 0.4) is 0 Å². The molecule has 0 unspecified atom stereocenters. The second kappa shape index (κ2) is 8.67. The van der Waals surface area contributed by atoms with Crippen molar-refractivity contribution in [1.82, 2.24) is 4.90 Å². The first kappa shape index (κ1) is 19.0. The fraction of sp³-hybridized carbons (Fsp3) is 0.300. The van der Waals surface area contributed by atoms with E-state index >= 15 is 0 Å². The Kier molecular flexibility index (Phi) is 6.59. The van der Waals surface area contributed by atoms with Crippen LogP contribution in [0.2, 0.25) is 5.02 Å². The van der Waals surface area contributed by atoms with Crippen molar-refractivity contribution in [2.75, 3.05) is 19.4 Å². The molecule has 4 nitrogen and oxygen atoms in total. The smallest absolute Gasteiger partial charge is 0.253 e. The maximum Gasteiger partial charge on any atom is 0.253 e. The van der Waals surface area contributed by atoms with E-state index in [2.05, 4.69) is 36.5 Å². The molecule has 0 bridgehead atoms. The van der Waals surface area contributed by atoms with Gasteiger partial charge in [-0.25, -0.2) is 0 Å². The average molecular weight is 359 g/mol. The van der Waals surface area contributed by atoms with Gasteiger partial charge in [0.15, 0.2) is 0 Å². The Morgan fingerprint density at radius 2 is 1.68 bits per heavy atom. The van der Waals surface area contributed by atoms with Gasteiger partial charge in [-0.1, -0.05) is 42.8 Å². The van der Waals surface area contributed by atoms with Gasteiger partial charge in [0.1, 0.15) is 0 Å². The van der Waals surface area contributed by atoms with E-state index in [9.17, 15) is 9.59 Å². The highest BCUT2D eigenvalue weighted by Crippen LogP contribution is 2.24. The summed E-state index contributed by atoms with van der Waals surface area (Å²) >= 11 is 6.14. The summed E-state index contributed by atoms with van der Waals surface area (Å²) in [6, 6.07) is 13.2. The summed E-state index contributed by atoms with van der Waals surface area (Å²) in [6.07, 6.45) is 2.01. The number of aryl methyl sites for hydroxylation is 2. The summed E-state index contributed by atoms with van der Waals surface area (Å²) in [5, 5.41) is 3.21. The number of hydrogen-bond acceptors (Lipinski definition) is 2. The third-order valence-corrected chi connectivity index (χ3v) is 4.30. The molecule has 0 aromatic heterocycles. The zero-order valence-electron chi connectivity index (χ0n) is 14.8. The van der Waals surface area contributed by atoms with Crippen LogP contribution >= 0.6 is 11.6 Å². The molecule has 0 aliphatic heterocycles. The third kappa shape index (κ3) is 5.33. The molecule has 25 heavy (non-hydrogen) atoms. The zero-order valence-corrected chi connectivity index (χ0v) is 15.6. The molecule has 0 atom stereocenters. The molecule has 2 aromatic rings. The molecule has 2 rings (SSSR count). The number of rotatable bonds is 6. The van der Waals surface area contributed by atoms with Gasteiger partial charge < -0.3 is 10.2 Å². The van der Waals surface area contributed by atoms with Crippen molar-refractivity contribution in [3.63, 3.8) is 0 Å². The van der Waals surface area contributed by atoms with E-state index in [0.717, 1.165) is 12.0 Å². The van der Waals surface area contributed by atoms with E-state index < -0.39 is 0 Å². The van der Waals surface area contributed by atoms with Gasteiger partial charge in [-0.3, -0.25) is 9.59 Å². The van der Waals surface area contributed by atoms with Crippen molar-refractivity contribution in [1.29, 1.82) is 0 Å². The van der Waals surface area contributed by atoms with Gasteiger partial charge >= 0.3 is 0 Å². The number of nitrogens with zero attached hydrogens (tertiary/aromatic N) is 1. The van der Waals surface area contributed by atoms with Crippen LogP contribution in [-0.2, 0) is 17.6 Å². The predicted molar refractivity (Wildman–Crippen MR) is 102 cm³/mol. The number of hydrogen-bond donors (Lipinski definition) is 1. The van der Waals surface area contributed by atoms with Crippen LogP contribution in [0.5, 0.6) is 0 Å². The van der Waals surface area contributed by atoms with E-state index in [0.29, 0.717) is 29.1 Å². The van der Waals surface area contributed by atoms with E-state index in [-0.39, 0.29) is 11.8 Å². The van der Waals surface area contributed by atoms with Gasteiger partial charge in [-0.2, -0.15) is 0 Å². The highest BCUT2D eigenvalue weighted by molar-refractivity contribution is 6.33. The number of carbonyl (C=O) groups excluding carboxylic acids is 2. The van der Waals surface area contributed by atoms with Gasteiger partial charge in [-0.05, 0) is 42.2 Å². The van der Waals surface area contributed by atoms with Gasteiger partial charge in [0.2, 0.25) is 5.91 Å². The quantitative estimate of drug-likeness (QED) is 0.842. The highest BCUT2D eigenvalue weighted by Gasteiger charge is 2.12. The highest BCUT2D eigenvalue weighted by atomic mass is 35.5. The SMILES string of the molecule is CCc1ccc(CCC(=O)Nc2cc(C(=O)N(C)C)ccc2Cl)cc1. The largest absolute Gasteiger partial charge is 0.345 e. The number of amides is 2. The third-order valence-electron chi connectivity index (χ3n) is 3.97. The summed E-state index contributed by atoms with van der Waals surface area (Å²) in [6.45, 7) is 2.11. The van der Waals surface area contributed by atoms with Crippen molar-refractivity contribution in [2.45, 2.75) is 26.2 Å². The van der Waals surface area contributed by atoms with Crippen molar-refractivity contribution in [3.05, 3.63) is 64.2 Å². The molecule has 132 valence electrons. The average Bonchev–Trinajstić information content (AvgIpc) is 2.61. The molecule has 0 fully saturated rings. The van der Waals surface area contributed by atoms with E-state index in [1.165, 1.54) is 10.5 Å². The van der Waals surface area contributed by atoms with Crippen molar-refractivity contribution >= 4 is 29.1 Å². The van der Waals surface area contributed by atoms with Gasteiger partial charge in [0, 0.05) is 26.1 Å². The lowest BCUT2D eigenvalue weighted by atomic mass is 10.1. The second-order valence-electron chi connectivity index (χ2n) is 6.11. The zero-order chi connectivity index (χ0) is 18.4. The Balaban J connectivity index is 1.99.